The number of carbonyl (C=O) groups is 2. The summed E-state index contributed by atoms with van der Waals surface area (Å²) in [6.45, 7) is 3.84. The molecule has 2 aromatic heterocycles. The molecule has 1 saturated heterocycles. The predicted molar refractivity (Wildman–Crippen MR) is 107 cm³/mol. The molecule has 0 radical (unpaired) electrons. The molecule has 4 rings (SSSR count). The third-order valence-corrected chi connectivity index (χ3v) is 6.26. The highest BCUT2D eigenvalue weighted by atomic mass is 32.1. The molecule has 1 aliphatic rings. The van der Waals surface area contributed by atoms with Crippen molar-refractivity contribution in [1.29, 1.82) is 0 Å². The van der Waals surface area contributed by atoms with Crippen molar-refractivity contribution in [3.05, 3.63) is 57.2 Å². The lowest BCUT2D eigenvalue weighted by Crippen LogP contribution is -2.31. The van der Waals surface area contributed by atoms with Crippen molar-refractivity contribution in [2.75, 3.05) is 10.2 Å². The van der Waals surface area contributed by atoms with Gasteiger partial charge in [0.05, 0.1) is 12.0 Å². The summed E-state index contributed by atoms with van der Waals surface area (Å²) in [6.07, 6.45) is 0.167. The summed E-state index contributed by atoms with van der Waals surface area (Å²) >= 11 is 2.88. The van der Waals surface area contributed by atoms with Gasteiger partial charge in [-0.05, 0) is 37.4 Å². The lowest BCUT2D eigenvalue weighted by Gasteiger charge is -2.27. The topological polar surface area (TPSA) is 75.2 Å². The van der Waals surface area contributed by atoms with Crippen molar-refractivity contribution >= 4 is 45.3 Å². The van der Waals surface area contributed by atoms with Gasteiger partial charge in [0, 0.05) is 17.0 Å². The summed E-state index contributed by atoms with van der Waals surface area (Å²) in [7, 11) is 0. The van der Waals surface area contributed by atoms with E-state index in [1.165, 1.54) is 11.3 Å². The van der Waals surface area contributed by atoms with Gasteiger partial charge in [-0.3, -0.25) is 9.59 Å². The first-order valence-corrected chi connectivity index (χ1v) is 10.3. The normalized spacial score (nSPS) is 19.5. The molecule has 8 heteroatoms. The number of rotatable bonds is 4. The molecule has 3 heterocycles. The minimum Gasteiger partial charge on any atom is -0.303 e. The van der Waals surface area contributed by atoms with E-state index in [1.54, 1.807) is 16.2 Å². The minimum absolute atomic E-state index is 0.0501. The van der Waals surface area contributed by atoms with E-state index in [4.69, 9.17) is 0 Å². The van der Waals surface area contributed by atoms with Crippen LogP contribution in [0, 0.1) is 19.8 Å². The predicted octanol–water partition coefficient (Wildman–Crippen LogP) is 3.95. The average Bonchev–Trinajstić information content (AvgIpc) is 3.36. The smallest absolute Gasteiger partial charge is 0.232 e. The van der Waals surface area contributed by atoms with Crippen LogP contribution in [0.1, 0.15) is 27.9 Å². The van der Waals surface area contributed by atoms with Gasteiger partial charge < -0.3 is 10.2 Å². The zero-order valence-corrected chi connectivity index (χ0v) is 16.5. The van der Waals surface area contributed by atoms with Crippen molar-refractivity contribution < 1.29 is 9.59 Å². The number of amides is 2. The van der Waals surface area contributed by atoms with Gasteiger partial charge in [-0.1, -0.05) is 35.1 Å². The zero-order valence-electron chi connectivity index (χ0n) is 14.9. The molecule has 1 aliphatic heterocycles. The Labute approximate surface area is 164 Å². The maximum Gasteiger partial charge on any atom is 0.232 e. The standard InChI is InChI=1S/C19H18N4O2S2/c1-11-5-7-13(8-6-11)23-16(24)10-14(17(23)15-4-3-9-26-15)18(25)20-19-22-21-12(2)27-19/h3-9,14,17H,10H2,1-2H3,(H,20,22,25). The molecule has 0 saturated carbocycles. The summed E-state index contributed by atoms with van der Waals surface area (Å²) in [4.78, 5) is 28.6. The number of nitrogens with one attached hydrogen (secondary N) is 1. The summed E-state index contributed by atoms with van der Waals surface area (Å²) in [5.74, 6) is -0.736. The van der Waals surface area contributed by atoms with Crippen LogP contribution in [0.5, 0.6) is 0 Å². The van der Waals surface area contributed by atoms with Gasteiger partial charge in [0.1, 0.15) is 5.01 Å². The molecule has 0 bridgehead atoms. The highest BCUT2D eigenvalue weighted by molar-refractivity contribution is 7.15. The molecule has 3 aromatic rings. The number of nitrogens with zero attached hydrogens (tertiary/aromatic N) is 3. The summed E-state index contributed by atoms with van der Waals surface area (Å²) in [5, 5.41) is 13.9. The van der Waals surface area contributed by atoms with Crippen LogP contribution < -0.4 is 10.2 Å². The first-order valence-electron chi connectivity index (χ1n) is 8.56. The van der Waals surface area contributed by atoms with Gasteiger partial charge in [0.25, 0.3) is 0 Å². The third kappa shape index (κ3) is 3.50. The second kappa shape index (κ2) is 7.21. The molecule has 0 aliphatic carbocycles. The number of aryl methyl sites for hydroxylation is 2. The number of hydrogen-bond donors (Lipinski definition) is 1. The lowest BCUT2D eigenvalue weighted by atomic mass is 9.97. The molecule has 2 atom stereocenters. The first-order chi connectivity index (χ1) is 13.0. The Morgan fingerprint density at radius 1 is 1.19 bits per heavy atom. The highest BCUT2D eigenvalue weighted by Crippen LogP contribution is 2.43. The quantitative estimate of drug-likeness (QED) is 0.722. The molecule has 27 heavy (non-hydrogen) atoms. The van der Waals surface area contributed by atoms with Crippen molar-refractivity contribution in [2.45, 2.75) is 26.3 Å². The SMILES string of the molecule is Cc1ccc(N2C(=O)CC(C(=O)Nc3nnc(C)s3)C2c2cccs2)cc1. The van der Waals surface area contributed by atoms with Crippen molar-refractivity contribution in [2.24, 2.45) is 5.92 Å². The van der Waals surface area contributed by atoms with E-state index >= 15 is 0 Å². The van der Waals surface area contributed by atoms with Crippen LogP contribution in [0.2, 0.25) is 0 Å². The van der Waals surface area contributed by atoms with Gasteiger partial charge in [-0.2, -0.15) is 0 Å². The highest BCUT2D eigenvalue weighted by Gasteiger charge is 2.45. The molecule has 6 nitrogen and oxygen atoms in total. The van der Waals surface area contributed by atoms with Gasteiger partial charge in [-0.15, -0.1) is 21.5 Å². The second-order valence-electron chi connectivity index (χ2n) is 6.49. The second-order valence-corrected chi connectivity index (χ2v) is 8.65. The molecule has 2 amide bonds. The summed E-state index contributed by atoms with van der Waals surface area (Å²) in [5.41, 5.74) is 1.94. The number of thiophene rings is 1. The lowest BCUT2D eigenvalue weighted by molar-refractivity contribution is -0.122. The number of anilines is 2. The fourth-order valence-electron chi connectivity index (χ4n) is 3.31. The fourth-order valence-corrected chi connectivity index (χ4v) is 4.78. The van der Waals surface area contributed by atoms with Crippen LogP contribution in [-0.2, 0) is 9.59 Å². The zero-order chi connectivity index (χ0) is 19.0. The van der Waals surface area contributed by atoms with E-state index < -0.39 is 5.92 Å². The van der Waals surface area contributed by atoms with Gasteiger partial charge in [-0.25, -0.2) is 0 Å². The van der Waals surface area contributed by atoms with E-state index in [0.29, 0.717) is 5.13 Å². The van der Waals surface area contributed by atoms with Gasteiger partial charge in [0.15, 0.2) is 0 Å². The Balaban J connectivity index is 1.67. The minimum atomic E-state index is -0.485. The van der Waals surface area contributed by atoms with Crippen molar-refractivity contribution in [3.8, 4) is 0 Å². The molecule has 1 N–H and O–H groups in total. The average molecular weight is 399 g/mol. The molecule has 138 valence electrons. The molecule has 0 spiro atoms. The van der Waals surface area contributed by atoms with E-state index in [2.05, 4.69) is 15.5 Å². The van der Waals surface area contributed by atoms with Gasteiger partial charge in [0.2, 0.25) is 16.9 Å². The fraction of sp³-hybridized carbons (Fsp3) is 0.263. The van der Waals surface area contributed by atoms with E-state index in [-0.39, 0.29) is 24.3 Å². The third-order valence-electron chi connectivity index (χ3n) is 4.56. The number of aromatic nitrogens is 2. The Bertz CT molecular complexity index is 966. The van der Waals surface area contributed by atoms with Crippen LogP contribution in [0.15, 0.2) is 41.8 Å². The van der Waals surface area contributed by atoms with Crippen molar-refractivity contribution in [3.63, 3.8) is 0 Å². The summed E-state index contributed by atoms with van der Waals surface area (Å²) < 4.78 is 0. The number of hydrogen-bond acceptors (Lipinski definition) is 6. The van der Waals surface area contributed by atoms with Crippen LogP contribution in [0.3, 0.4) is 0 Å². The molecule has 2 unspecified atom stereocenters. The Kier molecular flexibility index (Phi) is 4.75. The largest absolute Gasteiger partial charge is 0.303 e. The number of carbonyl (C=O) groups excluding carboxylic acids is 2. The first kappa shape index (κ1) is 17.8. The monoisotopic (exact) mass is 398 g/mol. The van der Waals surface area contributed by atoms with E-state index in [0.717, 1.165) is 21.1 Å². The summed E-state index contributed by atoms with van der Waals surface area (Å²) in [6, 6.07) is 11.4. The maximum absolute atomic E-state index is 13.0. The van der Waals surface area contributed by atoms with E-state index in [9.17, 15) is 9.59 Å². The van der Waals surface area contributed by atoms with Crippen LogP contribution in [0.4, 0.5) is 10.8 Å². The van der Waals surface area contributed by atoms with Crippen molar-refractivity contribution in [1.82, 2.24) is 10.2 Å². The Hall–Kier alpha value is -2.58. The van der Waals surface area contributed by atoms with Gasteiger partial charge >= 0.3 is 0 Å². The molecular weight excluding hydrogens is 380 g/mol. The van der Waals surface area contributed by atoms with E-state index in [1.807, 2.05) is 55.6 Å². The molecular formula is C19H18N4O2S2. The van der Waals surface area contributed by atoms with Crippen LogP contribution >= 0.6 is 22.7 Å². The molecule has 1 aromatic carbocycles. The Morgan fingerprint density at radius 3 is 2.59 bits per heavy atom. The van der Waals surface area contributed by atoms with Crippen LogP contribution in [0.25, 0.3) is 0 Å². The number of benzene rings is 1. The Morgan fingerprint density at radius 2 is 1.96 bits per heavy atom. The van der Waals surface area contributed by atoms with Crippen LogP contribution in [-0.4, -0.2) is 22.0 Å². The molecule has 1 fully saturated rings. The maximum atomic E-state index is 13.0.